The van der Waals surface area contributed by atoms with E-state index in [1.807, 2.05) is 41.3 Å². The maximum absolute atomic E-state index is 12.9. The van der Waals surface area contributed by atoms with E-state index < -0.39 is 0 Å². The van der Waals surface area contributed by atoms with Gasteiger partial charge in [-0.05, 0) is 30.3 Å². The van der Waals surface area contributed by atoms with Crippen molar-refractivity contribution < 1.29 is 4.79 Å². The minimum atomic E-state index is 0.0889. The molecule has 1 amide bonds. The van der Waals surface area contributed by atoms with Crippen LogP contribution in [0.3, 0.4) is 0 Å². The maximum atomic E-state index is 12.9. The van der Waals surface area contributed by atoms with Gasteiger partial charge in [0.2, 0.25) is 5.95 Å². The molecule has 0 spiro atoms. The first-order valence-corrected chi connectivity index (χ1v) is 10.7. The topological polar surface area (TPSA) is 62.2 Å². The molecule has 1 fully saturated rings. The van der Waals surface area contributed by atoms with E-state index in [2.05, 4.69) is 20.9 Å². The highest BCUT2D eigenvalue weighted by Gasteiger charge is 2.24. The highest BCUT2D eigenvalue weighted by Crippen LogP contribution is 2.34. The molecular formula is C20H17N5OS2. The van der Waals surface area contributed by atoms with Crippen LogP contribution < -0.4 is 4.90 Å². The van der Waals surface area contributed by atoms with Gasteiger partial charge >= 0.3 is 0 Å². The molecule has 4 aromatic rings. The summed E-state index contributed by atoms with van der Waals surface area (Å²) >= 11 is 3.18. The fourth-order valence-corrected chi connectivity index (χ4v) is 5.26. The Balaban J connectivity index is 1.29. The number of amides is 1. The summed E-state index contributed by atoms with van der Waals surface area (Å²) in [7, 11) is 0. The normalized spacial score (nSPS) is 14.6. The number of fused-ring (bicyclic) bond motifs is 1. The lowest BCUT2D eigenvalue weighted by atomic mass is 10.3. The number of carbonyl (C=O) groups is 1. The summed E-state index contributed by atoms with van der Waals surface area (Å²) in [4.78, 5) is 32.0. The molecule has 0 aliphatic carbocycles. The molecule has 28 heavy (non-hydrogen) atoms. The SMILES string of the molecule is O=C(c1ccc(-c2nc3ccccc3s2)s1)N1CCN(c2ncccn2)CC1. The number of para-hydroxylation sites is 1. The van der Waals surface area contributed by atoms with Crippen LogP contribution in [0, 0.1) is 0 Å². The lowest BCUT2D eigenvalue weighted by Gasteiger charge is -2.34. The molecule has 1 aromatic carbocycles. The molecule has 4 heterocycles. The average Bonchev–Trinajstić information content (AvgIpc) is 3.41. The van der Waals surface area contributed by atoms with E-state index in [1.165, 1.54) is 11.3 Å². The summed E-state index contributed by atoms with van der Waals surface area (Å²) < 4.78 is 1.16. The summed E-state index contributed by atoms with van der Waals surface area (Å²) in [6.45, 7) is 2.83. The van der Waals surface area contributed by atoms with Gasteiger partial charge in [0.1, 0.15) is 5.01 Å². The predicted molar refractivity (Wildman–Crippen MR) is 113 cm³/mol. The quantitative estimate of drug-likeness (QED) is 0.517. The van der Waals surface area contributed by atoms with Gasteiger partial charge in [-0.1, -0.05) is 12.1 Å². The molecular weight excluding hydrogens is 390 g/mol. The number of nitrogens with zero attached hydrogens (tertiary/aromatic N) is 5. The number of thiophene rings is 1. The smallest absolute Gasteiger partial charge is 0.264 e. The monoisotopic (exact) mass is 407 g/mol. The third-order valence-corrected chi connectivity index (χ3v) is 7.00. The molecule has 3 aromatic heterocycles. The van der Waals surface area contributed by atoms with Crippen LogP contribution >= 0.6 is 22.7 Å². The van der Waals surface area contributed by atoms with Gasteiger partial charge in [0.05, 0.1) is 20.0 Å². The average molecular weight is 408 g/mol. The molecule has 6 nitrogen and oxygen atoms in total. The van der Waals surface area contributed by atoms with E-state index in [0.29, 0.717) is 13.1 Å². The molecule has 140 valence electrons. The van der Waals surface area contributed by atoms with Crippen molar-refractivity contribution in [2.75, 3.05) is 31.1 Å². The molecule has 0 bridgehead atoms. The molecule has 1 aliphatic heterocycles. The third-order valence-electron chi connectivity index (χ3n) is 4.72. The molecule has 0 N–H and O–H groups in total. The molecule has 1 saturated heterocycles. The Bertz CT molecular complexity index is 1080. The van der Waals surface area contributed by atoms with E-state index in [-0.39, 0.29) is 5.91 Å². The number of hydrogen-bond acceptors (Lipinski definition) is 7. The molecule has 0 unspecified atom stereocenters. The number of thiazole rings is 1. The lowest BCUT2D eigenvalue weighted by molar-refractivity contribution is 0.0751. The summed E-state index contributed by atoms with van der Waals surface area (Å²) in [6.07, 6.45) is 3.49. The Hall–Kier alpha value is -2.84. The van der Waals surface area contributed by atoms with Gasteiger partial charge in [0.25, 0.3) is 5.91 Å². The largest absolute Gasteiger partial charge is 0.337 e. The van der Waals surface area contributed by atoms with E-state index in [0.717, 1.165) is 44.0 Å². The van der Waals surface area contributed by atoms with E-state index in [9.17, 15) is 4.79 Å². The minimum Gasteiger partial charge on any atom is -0.337 e. The zero-order valence-electron chi connectivity index (χ0n) is 15.0. The van der Waals surface area contributed by atoms with Crippen LogP contribution in [-0.4, -0.2) is 51.9 Å². The van der Waals surface area contributed by atoms with E-state index >= 15 is 0 Å². The lowest BCUT2D eigenvalue weighted by Crippen LogP contribution is -2.49. The Kier molecular flexibility index (Phi) is 4.50. The van der Waals surface area contributed by atoms with Crippen molar-refractivity contribution in [1.29, 1.82) is 0 Å². The Morgan fingerprint density at radius 2 is 1.68 bits per heavy atom. The second-order valence-electron chi connectivity index (χ2n) is 6.48. The van der Waals surface area contributed by atoms with Gasteiger partial charge in [-0.25, -0.2) is 15.0 Å². The summed E-state index contributed by atoms with van der Waals surface area (Å²) in [5, 5.41) is 0.969. The van der Waals surface area contributed by atoms with Crippen molar-refractivity contribution in [2.45, 2.75) is 0 Å². The summed E-state index contributed by atoms with van der Waals surface area (Å²) in [5.74, 6) is 0.815. The van der Waals surface area contributed by atoms with Crippen LogP contribution in [0.15, 0.2) is 54.9 Å². The first-order chi connectivity index (χ1) is 13.8. The number of rotatable bonds is 3. The fraction of sp³-hybridized carbons (Fsp3) is 0.200. The molecule has 0 saturated carbocycles. The third kappa shape index (κ3) is 3.25. The number of carbonyl (C=O) groups excluding carboxylic acids is 1. The van der Waals surface area contributed by atoms with Crippen LogP contribution in [0.25, 0.3) is 20.1 Å². The fourth-order valence-electron chi connectivity index (χ4n) is 3.27. The Morgan fingerprint density at radius 1 is 0.893 bits per heavy atom. The second-order valence-corrected chi connectivity index (χ2v) is 8.59. The molecule has 1 aliphatic rings. The van der Waals surface area contributed by atoms with Crippen LogP contribution in [0.1, 0.15) is 9.67 Å². The van der Waals surface area contributed by atoms with Gasteiger partial charge in [-0.2, -0.15) is 0 Å². The van der Waals surface area contributed by atoms with Crippen LogP contribution in [0.4, 0.5) is 5.95 Å². The highest BCUT2D eigenvalue weighted by atomic mass is 32.1. The van der Waals surface area contributed by atoms with Gasteiger partial charge in [0.15, 0.2) is 0 Å². The molecule has 8 heteroatoms. The van der Waals surface area contributed by atoms with Gasteiger partial charge in [-0.3, -0.25) is 4.79 Å². The van der Waals surface area contributed by atoms with Crippen molar-refractivity contribution in [1.82, 2.24) is 19.9 Å². The van der Waals surface area contributed by atoms with E-state index in [4.69, 9.17) is 4.98 Å². The van der Waals surface area contributed by atoms with Crippen molar-refractivity contribution >= 4 is 44.7 Å². The van der Waals surface area contributed by atoms with Gasteiger partial charge in [-0.15, -0.1) is 22.7 Å². The number of hydrogen-bond donors (Lipinski definition) is 0. The van der Waals surface area contributed by atoms with Crippen molar-refractivity contribution in [3.63, 3.8) is 0 Å². The number of aromatic nitrogens is 3. The van der Waals surface area contributed by atoms with Crippen LogP contribution in [-0.2, 0) is 0 Å². The molecule has 0 atom stereocenters. The predicted octanol–water partition coefficient (Wildman–Crippen LogP) is 3.78. The minimum absolute atomic E-state index is 0.0889. The number of anilines is 1. The maximum Gasteiger partial charge on any atom is 0.264 e. The highest BCUT2D eigenvalue weighted by molar-refractivity contribution is 7.26. The van der Waals surface area contributed by atoms with Gasteiger partial charge < -0.3 is 9.80 Å². The standard InChI is InChI=1S/C20H17N5OS2/c26-19(24-10-12-25(13-11-24)20-21-8-3-9-22-20)17-7-6-16(27-17)18-23-14-4-1-2-5-15(14)28-18/h1-9H,10-13H2. The number of benzene rings is 1. The first-order valence-electron chi connectivity index (χ1n) is 9.05. The summed E-state index contributed by atoms with van der Waals surface area (Å²) in [5.41, 5.74) is 1.00. The Morgan fingerprint density at radius 3 is 2.46 bits per heavy atom. The van der Waals surface area contributed by atoms with Crippen molar-refractivity contribution in [3.8, 4) is 9.88 Å². The zero-order chi connectivity index (χ0) is 18.9. The van der Waals surface area contributed by atoms with Crippen LogP contribution in [0.5, 0.6) is 0 Å². The van der Waals surface area contributed by atoms with Crippen molar-refractivity contribution in [2.24, 2.45) is 0 Å². The summed E-state index contributed by atoms with van der Waals surface area (Å²) in [6, 6.07) is 13.8. The Labute approximate surface area is 170 Å². The zero-order valence-corrected chi connectivity index (χ0v) is 16.6. The van der Waals surface area contributed by atoms with Crippen LogP contribution in [0.2, 0.25) is 0 Å². The van der Waals surface area contributed by atoms with E-state index in [1.54, 1.807) is 23.7 Å². The molecule has 0 radical (unpaired) electrons. The molecule has 5 rings (SSSR count). The first kappa shape index (κ1) is 17.3. The van der Waals surface area contributed by atoms with Gasteiger partial charge in [0, 0.05) is 38.6 Å². The van der Waals surface area contributed by atoms with Crippen molar-refractivity contribution in [3.05, 3.63) is 59.7 Å². The number of piperazine rings is 1. The second kappa shape index (κ2) is 7.29.